The minimum atomic E-state index is -0.774. The van der Waals surface area contributed by atoms with E-state index in [0.29, 0.717) is 25.3 Å². The number of likely N-dealkylation sites (tertiary alicyclic amines) is 1. The average molecular weight is 305 g/mol. The van der Waals surface area contributed by atoms with E-state index in [4.69, 9.17) is 9.84 Å². The van der Waals surface area contributed by atoms with Gasteiger partial charge in [0.1, 0.15) is 5.75 Å². The Bertz CT molecular complexity index is 540. The van der Waals surface area contributed by atoms with Crippen molar-refractivity contribution in [2.75, 3.05) is 13.1 Å². The number of aliphatic carboxylic acids is 1. The molecule has 5 heteroatoms. The van der Waals surface area contributed by atoms with Gasteiger partial charge in [-0.1, -0.05) is 24.6 Å². The predicted molar refractivity (Wildman–Crippen MR) is 82.8 cm³/mol. The number of carbonyl (C=O) groups excluding carboxylic acids is 1. The Balaban J connectivity index is 1.93. The minimum absolute atomic E-state index is 0.0400. The molecular weight excluding hydrogens is 282 g/mol. The van der Waals surface area contributed by atoms with Gasteiger partial charge in [0.2, 0.25) is 0 Å². The molecule has 0 radical (unpaired) electrons. The Morgan fingerprint density at radius 2 is 1.95 bits per heavy atom. The molecule has 0 spiro atoms. The Kier molecular flexibility index (Phi) is 5.06. The summed E-state index contributed by atoms with van der Waals surface area (Å²) in [5.41, 5.74) is 1.14. The quantitative estimate of drug-likeness (QED) is 0.927. The molecule has 120 valence electrons. The molecule has 1 aromatic rings. The second-order valence-corrected chi connectivity index (χ2v) is 6.07. The first-order valence-corrected chi connectivity index (χ1v) is 7.63. The van der Waals surface area contributed by atoms with Crippen LogP contribution in [0, 0.1) is 18.8 Å². The van der Waals surface area contributed by atoms with E-state index in [2.05, 4.69) is 0 Å². The number of carbonyl (C=O) groups is 2. The molecular formula is C17H23NO4. The van der Waals surface area contributed by atoms with E-state index in [9.17, 15) is 9.59 Å². The van der Waals surface area contributed by atoms with E-state index in [1.165, 1.54) is 0 Å². The van der Waals surface area contributed by atoms with E-state index >= 15 is 0 Å². The monoisotopic (exact) mass is 305 g/mol. The fourth-order valence-electron chi connectivity index (χ4n) is 2.84. The number of hydrogen-bond donors (Lipinski definition) is 1. The zero-order chi connectivity index (χ0) is 16.3. The smallest absolute Gasteiger partial charge is 0.306 e. The van der Waals surface area contributed by atoms with Gasteiger partial charge in [-0.25, -0.2) is 0 Å². The first kappa shape index (κ1) is 16.3. The second kappa shape index (κ2) is 6.81. The molecule has 3 atom stereocenters. The van der Waals surface area contributed by atoms with Gasteiger partial charge in [0, 0.05) is 13.1 Å². The Morgan fingerprint density at radius 3 is 2.50 bits per heavy atom. The number of carboxylic acid groups (broad SMARTS) is 1. The van der Waals surface area contributed by atoms with Crippen LogP contribution in [0.4, 0.5) is 0 Å². The molecule has 0 aliphatic carbocycles. The van der Waals surface area contributed by atoms with Gasteiger partial charge in [0.25, 0.3) is 5.91 Å². The third kappa shape index (κ3) is 3.78. The van der Waals surface area contributed by atoms with Crippen molar-refractivity contribution < 1.29 is 19.4 Å². The van der Waals surface area contributed by atoms with Crippen molar-refractivity contribution >= 4 is 11.9 Å². The van der Waals surface area contributed by atoms with Crippen LogP contribution in [0.2, 0.25) is 0 Å². The molecule has 1 heterocycles. The summed E-state index contributed by atoms with van der Waals surface area (Å²) in [6.45, 7) is 6.55. The minimum Gasteiger partial charge on any atom is -0.481 e. The summed E-state index contributed by atoms with van der Waals surface area (Å²) in [5, 5.41) is 9.13. The molecule has 2 rings (SSSR count). The van der Waals surface area contributed by atoms with Crippen LogP contribution in [0.3, 0.4) is 0 Å². The largest absolute Gasteiger partial charge is 0.481 e. The average Bonchev–Trinajstić information content (AvgIpc) is 2.48. The maximum atomic E-state index is 12.4. The maximum Gasteiger partial charge on any atom is 0.306 e. The molecule has 5 nitrogen and oxygen atoms in total. The van der Waals surface area contributed by atoms with Gasteiger partial charge in [-0.2, -0.15) is 0 Å². The van der Waals surface area contributed by atoms with E-state index < -0.39 is 12.1 Å². The topological polar surface area (TPSA) is 66.8 Å². The van der Waals surface area contributed by atoms with Gasteiger partial charge in [-0.3, -0.25) is 9.59 Å². The predicted octanol–water partition coefficient (Wildman–Crippen LogP) is 2.33. The number of benzene rings is 1. The van der Waals surface area contributed by atoms with Gasteiger partial charge in [0.05, 0.1) is 5.92 Å². The molecule has 1 amide bonds. The molecule has 0 bridgehead atoms. The van der Waals surface area contributed by atoms with Crippen LogP contribution in [0.5, 0.6) is 5.75 Å². The molecule has 1 fully saturated rings. The lowest BCUT2D eigenvalue weighted by Gasteiger charge is -2.36. The molecule has 1 aromatic carbocycles. The Hall–Kier alpha value is -2.04. The normalized spacial score (nSPS) is 23.0. The summed E-state index contributed by atoms with van der Waals surface area (Å²) < 4.78 is 5.69. The maximum absolute atomic E-state index is 12.4. The van der Waals surface area contributed by atoms with Crippen molar-refractivity contribution in [2.45, 2.75) is 33.3 Å². The van der Waals surface area contributed by atoms with Crippen molar-refractivity contribution in [3.05, 3.63) is 29.8 Å². The molecule has 1 aliphatic rings. The van der Waals surface area contributed by atoms with Crippen molar-refractivity contribution in [2.24, 2.45) is 11.8 Å². The first-order valence-electron chi connectivity index (χ1n) is 7.63. The fraction of sp³-hybridized carbons (Fsp3) is 0.529. The van der Waals surface area contributed by atoms with Crippen LogP contribution in [-0.2, 0) is 9.59 Å². The fourth-order valence-corrected chi connectivity index (χ4v) is 2.84. The summed E-state index contributed by atoms with van der Waals surface area (Å²) in [4.78, 5) is 25.3. The molecule has 3 unspecified atom stereocenters. The number of rotatable bonds is 4. The van der Waals surface area contributed by atoms with E-state index in [1.54, 1.807) is 11.8 Å². The van der Waals surface area contributed by atoms with Crippen LogP contribution in [0.25, 0.3) is 0 Å². The highest BCUT2D eigenvalue weighted by Gasteiger charge is 2.34. The molecule has 0 saturated carbocycles. The third-order valence-corrected chi connectivity index (χ3v) is 4.22. The van der Waals surface area contributed by atoms with Crippen molar-refractivity contribution in [1.82, 2.24) is 4.90 Å². The Morgan fingerprint density at radius 1 is 1.32 bits per heavy atom. The van der Waals surface area contributed by atoms with Gasteiger partial charge < -0.3 is 14.7 Å². The lowest BCUT2D eigenvalue weighted by Crippen LogP contribution is -2.49. The molecule has 0 aromatic heterocycles. The van der Waals surface area contributed by atoms with Crippen LogP contribution < -0.4 is 4.74 Å². The van der Waals surface area contributed by atoms with E-state index in [0.717, 1.165) is 5.56 Å². The van der Waals surface area contributed by atoms with Crippen molar-refractivity contribution in [1.29, 1.82) is 0 Å². The van der Waals surface area contributed by atoms with Gasteiger partial charge in [-0.15, -0.1) is 0 Å². The van der Waals surface area contributed by atoms with Crippen LogP contribution >= 0.6 is 0 Å². The number of nitrogens with zero attached hydrogens (tertiary/aromatic N) is 1. The molecule has 22 heavy (non-hydrogen) atoms. The SMILES string of the molecule is Cc1ccc(OC(C)C(=O)N2CCC(C(=O)O)C(C)C2)cc1. The highest BCUT2D eigenvalue weighted by atomic mass is 16.5. The van der Waals surface area contributed by atoms with Crippen LogP contribution in [-0.4, -0.2) is 41.1 Å². The summed E-state index contributed by atoms with van der Waals surface area (Å²) in [6.07, 6.45) is -0.0734. The van der Waals surface area contributed by atoms with Crippen LogP contribution in [0.15, 0.2) is 24.3 Å². The van der Waals surface area contributed by atoms with Crippen LogP contribution in [0.1, 0.15) is 25.8 Å². The number of piperidine rings is 1. The molecule has 1 aliphatic heterocycles. The number of aryl methyl sites for hydroxylation is 1. The van der Waals surface area contributed by atoms with E-state index in [1.807, 2.05) is 38.1 Å². The third-order valence-electron chi connectivity index (χ3n) is 4.22. The molecule has 1 N–H and O–H groups in total. The number of amides is 1. The lowest BCUT2D eigenvalue weighted by molar-refractivity contribution is -0.150. The van der Waals surface area contributed by atoms with Gasteiger partial charge >= 0.3 is 5.97 Å². The zero-order valence-corrected chi connectivity index (χ0v) is 13.3. The summed E-state index contributed by atoms with van der Waals surface area (Å²) in [6, 6.07) is 7.57. The number of ether oxygens (including phenoxy) is 1. The van der Waals surface area contributed by atoms with Gasteiger partial charge in [0.15, 0.2) is 6.10 Å². The Labute approximate surface area is 130 Å². The standard InChI is InChI=1S/C17H23NO4/c1-11-4-6-14(7-5-11)22-13(3)16(19)18-9-8-15(17(20)21)12(2)10-18/h4-7,12-13,15H,8-10H2,1-3H3,(H,20,21). The first-order chi connectivity index (χ1) is 10.4. The highest BCUT2D eigenvalue weighted by Crippen LogP contribution is 2.24. The summed E-state index contributed by atoms with van der Waals surface area (Å²) >= 11 is 0. The van der Waals surface area contributed by atoms with Crippen molar-refractivity contribution in [3.63, 3.8) is 0 Å². The van der Waals surface area contributed by atoms with E-state index in [-0.39, 0.29) is 17.7 Å². The summed E-state index contributed by atoms with van der Waals surface area (Å²) in [7, 11) is 0. The summed E-state index contributed by atoms with van der Waals surface area (Å²) in [5.74, 6) is -0.598. The number of hydrogen-bond acceptors (Lipinski definition) is 3. The molecule has 1 saturated heterocycles. The van der Waals surface area contributed by atoms with Crippen molar-refractivity contribution in [3.8, 4) is 5.75 Å². The lowest BCUT2D eigenvalue weighted by atomic mass is 9.87. The van der Waals surface area contributed by atoms with Gasteiger partial charge in [-0.05, 0) is 38.3 Å². The zero-order valence-electron chi connectivity index (χ0n) is 13.3. The number of carboxylic acids is 1. The highest BCUT2D eigenvalue weighted by molar-refractivity contribution is 5.81. The second-order valence-electron chi connectivity index (χ2n) is 6.07.